The monoisotopic (exact) mass is 301 g/mol. The predicted octanol–water partition coefficient (Wildman–Crippen LogP) is 3.29. The lowest BCUT2D eigenvalue weighted by Gasteiger charge is -2.28. The van der Waals surface area contributed by atoms with E-state index in [0.717, 1.165) is 18.5 Å². The molecule has 4 nitrogen and oxygen atoms in total. The van der Waals surface area contributed by atoms with Gasteiger partial charge in [-0.25, -0.2) is 0 Å². The lowest BCUT2D eigenvalue weighted by atomic mass is 10.1. The SMILES string of the molecule is CC(C)c1nnsc1C(=O)N(CCCl)C1CCCC1. The number of rotatable bonds is 5. The van der Waals surface area contributed by atoms with Crippen LogP contribution in [0.15, 0.2) is 0 Å². The zero-order chi connectivity index (χ0) is 13.8. The molecule has 0 aromatic carbocycles. The van der Waals surface area contributed by atoms with E-state index >= 15 is 0 Å². The van der Waals surface area contributed by atoms with E-state index in [4.69, 9.17) is 11.6 Å². The number of halogens is 1. The average molecular weight is 302 g/mol. The van der Waals surface area contributed by atoms with Crippen LogP contribution < -0.4 is 0 Å². The molecule has 0 radical (unpaired) electrons. The summed E-state index contributed by atoms with van der Waals surface area (Å²) in [5, 5.41) is 4.09. The third kappa shape index (κ3) is 3.26. The Morgan fingerprint density at radius 1 is 1.47 bits per heavy atom. The fraction of sp³-hybridized carbons (Fsp3) is 0.769. The van der Waals surface area contributed by atoms with Gasteiger partial charge in [0.2, 0.25) is 0 Å². The van der Waals surface area contributed by atoms with Gasteiger partial charge in [-0.2, -0.15) is 0 Å². The van der Waals surface area contributed by atoms with Gasteiger partial charge in [-0.3, -0.25) is 4.79 Å². The van der Waals surface area contributed by atoms with Gasteiger partial charge in [0.25, 0.3) is 5.91 Å². The zero-order valence-corrected chi connectivity index (χ0v) is 13.0. The van der Waals surface area contributed by atoms with Crippen LogP contribution in [0.5, 0.6) is 0 Å². The Morgan fingerprint density at radius 3 is 2.74 bits per heavy atom. The maximum Gasteiger partial charge on any atom is 0.267 e. The standard InChI is InChI=1S/C13H20ClN3OS/c1-9(2)11-12(19-16-15-11)13(18)17(8-7-14)10-5-3-4-6-10/h9-10H,3-8H2,1-2H3. The summed E-state index contributed by atoms with van der Waals surface area (Å²) in [5.41, 5.74) is 0.813. The summed E-state index contributed by atoms with van der Waals surface area (Å²) in [6.07, 6.45) is 4.58. The van der Waals surface area contributed by atoms with Crippen LogP contribution in [0.4, 0.5) is 0 Å². The number of hydrogen-bond donors (Lipinski definition) is 0. The molecule has 0 aliphatic heterocycles. The van der Waals surface area contributed by atoms with E-state index in [9.17, 15) is 4.79 Å². The second kappa shape index (κ2) is 6.66. The summed E-state index contributed by atoms with van der Waals surface area (Å²) < 4.78 is 3.94. The summed E-state index contributed by atoms with van der Waals surface area (Å²) in [6.45, 7) is 4.68. The fourth-order valence-corrected chi connectivity index (χ4v) is 3.57. The highest BCUT2D eigenvalue weighted by Crippen LogP contribution is 2.27. The normalized spacial score (nSPS) is 16.2. The quantitative estimate of drug-likeness (QED) is 0.784. The summed E-state index contributed by atoms with van der Waals surface area (Å²) in [7, 11) is 0. The van der Waals surface area contributed by atoms with Crippen molar-refractivity contribution in [1.29, 1.82) is 0 Å². The van der Waals surface area contributed by atoms with Crippen molar-refractivity contribution in [3.8, 4) is 0 Å². The molecule has 1 aromatic rings. The number of nitrogens with zero attached hydrogens (tertiary/aromatic N) is 3. The van der Waals surface area contributed by atoms with Crippen LogP contribution in [0, 0.1) is 0 Å². The molecule has 1 saturated carbocycles. The van der Waals surface area contributed by atoms with Crippen LogP contribution in [0.1, 0.15) is 60.8 Å². The minimum absolute atomic E-state index is 0.0613. The van der Waals surface area contributed by atoms with E-state index in [1.807, 2.05) is 18.7 Å². The molecule has 0 atom stereocenters. The van der Waals surface area contributed by atoms with Crippen LogP contribution in [-0.4, -0.2) is 38.9 Å². The highest BCUT2D eigenvalue weighted by molar-refractivity contribution is 7.08. The van der Waals surface area contributed by atoms with Crippen molar-refractivity contribution in [1.82, 2.24) is 14.5 Å². The maximum absolute atomic E-state index is 12.7. The molecule has 1 heterocycles. The Bertz CT molecular complexity index is 429. The Labute approximate surface area is 123 Å². The lowest BCUT2D eigenvalue weighted by molar-refractivity contribution is 0.0698. The van der Waals surface area contributed by atoms with Crippen molar-refractivity contribution in [2.45, 2.75) is 51.5 Å². The van der Waals surface area contributed by atoms with Crippen LogP contribution >= 0.6 is 23.1 Å². The molecule has 2 rings (SSSR count). The Hall–Kier alpha value is -0.680. The minimum Gasteiger partial charge on any atom is -0.334 e. The first-order valence-electron chi connectivity index (χ1n) is 6.84. The van der Waals surface area contributed by atoms with Gasteiger partial charge in [-0.05, 0) is 30.3 Å². The van der Waals surface area contributed by atoms with E-state index in [2.05, 4.69) is 9.59 Å². The van der Waals surface area contributed by atoms with Gasteiger partial charge in [0.15, 0.2) is 0 Å². The molecule has 1 fully saturated rings. The molecule has 1 aliphatic carbocycles. The van der Waals surface area contributed by atoms with Crippen molar-refractivity contribution < 1.29 is 4.79 Å². The number of carbonyl (C=O) groups excluding carboxylic acids is 1. The number of aromatic nitrogens is 2. The van der Waals surface area contributed by atoms with Crippen molar-refractivity contribution in [2.24, 2.45) is 0 Å². The molecule has 106 valence electrons. The average Bonchev–Trinajstić information content (AvgIpc) is 3.05. The van der Waals surface area contributed by atoms with Crippen molar-refractivity contribution in [3.05, 3.63) is 10.6 Å². The van der Waals surface area contributed by atoms with Crippen molar-refractivity contribution in [3.63, 3.8) is 0 Å². The zero-order valence-electron chi connectivity index (χ0n) is 11.4. The van der Waals surface area contributed by atoms with Gasteiger partial charge < -0.3 is 4.90 Å². The molecular weight excluding hydrogens is 282 g/mol. The molecule has 19 heavy (non-hydrogen) atoms. The van der Waals surface area contributed by atoms with Gasteiger partial charge >= 0.3 is 0 Å². The third-order valence-corrected chi connectivity index (χ3v) is 4.50. The van der Waals surface area contributed by atoms with Crippen molar-refractivity contribution >= 4 is 29.0 Å². The maximum atomic E-state index is 12.7. The largest absolute Gasteiger partial charge is 0.334 e. The van der Waals surface area contributed by atoms with E-state index in [1.165, 1.54) is 24.4 Å². The molecule has 0 unspecified atom stereocenters. The number of amides is 1. The van der Waals surface area contributed by atoms with Crippen LogP contribution in [0.2, 0.25) is 0 Å². The summed E-state index contributed by atoms with van der Waals surface area (Å²) in [5.74, 6) is 0.760. The lowest BCUT2D eigenvalue weighted by Crippen LogP contribution is -2.40. The number of hydrogen-bond acceptors (Lipinski definition) is 4. The smallest absolute Gasteiger partial charge is 0.267 e. The molecule has 0 spiro atoms. The highest BCUT2D eigenvalue weighted by atomic mass is 35.5. The molecular formula is C13H20ClN3OS. The molecule has 0 N–H and O–H groups in total. The Morgan fingerprint density at radius 2 is 2.16 bits per heavy atom. The van der Waals surface area contributed by atoms with Gasteiger partial charge in [0, 0.05) is 18.5 Å². The van der Waals surface area contributed by atoms with E-state index in [-0.39, 0.29) is 11.8 Å². The van der Waals surface area contributed by atoms with Crippen LogP contribution in [0.3, 0.4) is 0 Å². The molecule has 1 aromatic heterocycles. The molecule has 0 saturated heterocycles. The second-order valence-corrected chi connectivity index (χ2v) is 6.40. The molecule has 0 bridgehead atoms. The highest BCUT2D eigenvalue weighted by Gasteiger charge is 2.30. The minimum atomic E-state index is 0.0613. The van der Waals surface area contributed by atoms with Gasteiger partial charge in [0.1, 0.15) is 4.88 Å². The first kappa shape index (κ1) is 14.7. The predicted molar refractivity (Wildman–Crippen MR) is 78.0 cm³/mol. The van der Waals surface area contributed by atoms with Crippen LogP contribution in [-0.2, 0) is 0 Å². The van der Waals surface area contributed by atoms with E-state index in [1.54, 1.807) is 0 Å². The molecule has 1 aliphatic rings. The number of alkyl halides is 1. The van der Waals surface area contributed by atoms with Gasteiger partial charge in [0.05, 0.1) is 5.69 Å². The summed E-state index contributed by atoms with van der Waals surface area (Å²) in [6, 6.07) is 0.341. The topological polar surface area (TPSA) is 46.1 Å². The molecule has 6 heteroatoms. The van der Waals surface area contributed by atoms with E-state index < -0.39 is 0 Å². The first-order valence-corrected chi connectivity index (χ1v) is 8.15. The van der Waals surface area contributed by atoms with Crippen LogP contribution in [0.25, 0.3) is 0 Å². The Balaban J connectivity index is 2.20. The van der Waals surface area contributed by atoms with Gasteiger partial charge in [-0.15, -0.1) is 16.7 Å². The van der Waals surface area contributed by atoms with Gasteiger partial charge in [-0.1, -0.05) is 31.2 Å². The second-order valence-electron chi connectivity index (χ2n) is 5.27. The third-order valence-electron chi connectivity index (χ3n) is 3.61. The summed E-state index contributed by atoms with van der Waals surface area (Å²) in [4.78, 5) is 15.3. The van der Waals surface area contributed by atoms with E-state index in [0.29, 0.717) is 23.3 Å². The summed E-state index contributed by atoms with van der Waals surface area (Å²) >= 11 is 7.06. The first-order chi connectivity index (χ1) is 9.15. The van der Waals surface area contributed by atoms with Crippen molar-refractivity contribution in [2.75, 3.05) is 12.4 Å². The fourth-order valence-electron chi connectivity index (χ4n) is 2.61. The number of carbonyl (C=O) groups is 1. The Kier molecular flexibility index (Phi) is 5.16. The molecule has 1 amide bonds.